The van der Waals surface area contributed by atoms with Crippen LogP contribution in [0.15, 0.2) is 42.7 Å². The Kier molecular flexibility index (Phi) is 3.02. The number of aliphatic hydroxyl groups is 1. The van der Waals surface area contributed by atoms with Crippen molar-refractivity contribution in [2.24, 2.45) is 0 Å². The number of benzene rings is 1. The Hall–Kier alpha value is -1.81. The molecule has 0 bridgehead atoms. The lowest BCUT2D eigenvalue weighted by molar-refractivity contribution is 0.154. The van der Waals surface area contributed by atoms with Gasteiger partial charge in [0.05, 0.1) is 11.8 Å². The first-order valence-corrected chi connectivity index (χ1v) is 6.36. The summed E-state index contributed by atoms with van der Waals surface area (Å²) >= 11 is 0. The molecular weight excluding hydrogens is 226 g/mol. The van der Waals surface area contributed by atoms with E-state index in [1.165, 1.54) is 5.69 Å². The first kappa shape index (κ1) is 11.3. The number of nitrogens with zero attached hydrogens (tertiary/aromatic N) is 3. The van der Waals surface area contributed by atoms with Crippen LogP contribution in [0.5, 0.6) is 0 Å². The van der Waals surface area contributed by atoms with Crippen molar-refractivity contribution in [3.8, 4) is 5.69 Å². The van der Waals surface area contributed by atoms with E-state index in [4.69, 9.17) is 0 Å². The van der Waals surface area contributed by atoms with Crippen LogP contribution in [0, 0.1) is 0 Å². The molecule has 1 N–H and O–H groups in total. The van der Waals surface area contributed by atoms with Crippen LogP contribution in [-0.2, 0) is 0 Å². The zero-order valence-corrected chi connectivity index (χ0v) is 10.2. The number of β-amino-alcohol motifs (C(OH)–C–C–N with tert-alkyl or cyclic N) is 1. The maximum absolute atomic E-state index is 9.69. The van der Waals surface area contributed by atoms with Crippen LogP contribution in [0.3, 0.4) is 0 Å². The summed E-state index contributed by atoms with van der Waals surface area (Å²) < 4.78 is 1.84. The lowest BCUT2D eigenvalue weighted by Gasteiger charge is -2.32. The molecule has 1 aromatic heterocycles. The van der Waals surface area contributed by atoms with Gasteiger partial charge in [0.2, 0.25) is 0 Å². The number of aliphatic hydroxyl groups excluding tert-OH is 1. The standard InChI is InChI=1S/C14H17N3O/c18-14-3-1-9-16(11-14)12-4-6-13(7-5-12)17-10-2-8-15-17/h2,4-8,10,14,18H,1,3,9,11H2/t14-/m0/s1. The summed E-state index contributed by atoms with van der Waals surface area (Å²) in [4.78, 5) is 2.24. The van der Waals surface area contributed by atoms with Gasteiger partial charge >= 0.3 is 0 Å². The average molecular weight is 243 g/mol. The quantitative estimate of drug-likeness (QED) is 0.875. The second-order valence-electron chi connectivity index (χ2n) is 4.71. The largest absolute Gasteiger partial charge is 0.391 e. The van der Waals surface area contributed by atoms with E-state index in [0.29, 0.717) is 0 Å². The number of hydrogen-bond acceptors (Lipinski definition) is 3. The summed E-state index contributed by atoms with van der Waals surface area (Å²) in [6, 6.07) is 10.2. The smallest absolute Gasteiger partial charge is 0.0715 e. The molecule has 1 fully saturated rings. The molecule has 1 atom stereocenters. The second kappa shape index (κ2) is 4.82. The van der Waals surface area contributed by atoms with Gasteiger partial charge in [-0.15, -0.1) is 0 Å². The first-order valence-electron chi connectivity index (χ1n) is 6.36. The van der Waals surface area contributed by atoms with Gasteiger partial charge in [0, 0.05) is 31.2 Å². The highest BCUT2D eigenvalue weighted by Gasteiger charge is 2.17. The van der Waals surface area contributed by atoms with Crippen molar-refractivity contribution in [1.82, 2.24) is 9.78 Å². The van der Waals surface area contributed by atoms with Crippen LogP contribution in [0.2, 0.25) is 0 Å². The molecule has 0 aliphatic carbocycles. The minimum absolute atomic E-state index is 0.190. The molecule has 0 radical (unpaired) electrons. The van der Waals surface area contributed by atoms with Crippen molar-refractivity contribution in [1.29, 1.82) is 0 Å². The maximum atomic E-state index is 9.69. The van der Waals surface area contributed by atoms with E-state index in [1.807, 2.05) is 16.9 Å². The van der Waals surface area contributed by atoms with Gasteiger partial charge in [0.25, 0.3) is 0 Å². The monoisotopic (exact) mass is 243 g/mol. The molecule has 1 saturated heterocycles. The fraction of sp³-hybridized carbons (Fsp3) is 0.357. The summed E-state index contributed by atoms with van der Waals surface area (Å²) in [5.74, 6) is 0. The average Bonchev–Trinajstić information content (AvgIpc) is 2.93. The summed E-state index contributed by atoms with van der Waals surface area (Å²) in [6.07, 6.45) is 5.49. The van der Waals surface area contributed by atoms with Crippen molar-refractivity contribution in [3.63, 3.8) is 0 Å². The number of hydrogen-bond donors (Lipinski definition) is 1. The molecular formula is C14H17N3O. The van der Waals surface area contributed by atoms with E-state index < -0.39 is 0 Å². The van der Waals surface area contributed by atoms with Gasteiger partial charge in [0.1, 0.15) is 0 Å². The first-order chi connectivity index (χ1) is 8.83. The highest BCUT2D eigenvalue weighted by Crippen LogP contribution is 2.21. The molecule has 0 amide bonds. The van der Waals surface area contributed by atoms with Gasteiger partial charge in [0.15, 0.2) is 0 Å². The minimum Gasteiger partial charge on any atom is -0.391 e. The van der Waals surface area contributed by atoms with Gasteiger partial charge in [-0.1, -0.05) is 0 Å². The fourth-order valence-electron chi connectivity index (χ4n) is 2.43. The number of aromatic nitrogens is 2. The molecule has 3 rings (SSSR count). The number of rotatable bonds is 2. The van der Waals surface area contributed by atoms with Crippen molar-refractivity contribution in [3.05, 3.63) is 42.7 Å². The Labute approximate surface area is 106 Å². The zero-order chi connectivity index (χ0) is 12.4. The van der Waals surface area contributed by atoms with Gasteiger partial charge < -0.3 is 10.0 Å². The van der Waals surface area contributed by atoms with E-state index in [0.717, 1.165) is 31.6 Å². The van der Waals surface area contributed by atoms with Gasteiger partial charge in [-0.3, -0.25) is 0 Å². The van der Waals surface area contributed by atoms with Crippen LogP contribution in [0.25, 0.3) is 5.69 Å². The van der Waals surface area contributed by atoms with Gasteiger partial charge in [-0.2, -0.15) is 5.10 Å². The SMILES string of the molecule is O[C@H]1CCCN(c2ccc(-n3cccn3)cc2)C1. The summed E-state index contributed by atoms with van der Waals surface area (Å²) in [5, 5.41) is 13.9. The molecule has 1 aliphatic heterocycles. The van der Waals surface area contributed by atoms with Crippen LogP contribution >= 0.6 is 0 Å². The molecule has 1 aromatic carbocycles. The lowest BCUT2D eigenvalue weighted by atomic mass is 10.1. The summed E-state index contributed by atoms with van der Waals surface area (Å²) in [5.41, 5.74) is 2.23. The predicted molar refractivity (Wildman–Crippen MR) is 71.0 cm³/mol. The van der Waals surface area contributed by atoms with Crippen molar-refractivity contribution >= 4 is 5.69 Å². The van der Waals surface area contributed by atoms with Crippen molar-refractivity contribution < 1.29 is 5.11 Å². The molecule has 2 heterocycles. The van der Waals surface area contributed by atoms with Crippen LogP contribution < -0.4 is 4.90 Å². The Morgan fingerprint density at radius 1 is 1.17 bits per heavy atom. The molecule has 4 nitrogen and oxygen atoms in total. The molecule has 0 spiro atoms. The molecule has 4 heteroatoms. The van der Waals surface area contributed by atoms with E-state index in [-0.39, 0.29) is 6.10 Å². The highest BCUT2D eigenvalue weighted by molar-refractivity contribution is 5.51. The van der Waals surface area contributed by atoms with E-state index in [1.54, 1.807) is 6.20 Å². The third-order valence-electron chi connectivity index (χ3n) is 3.38. The minimum atomic E-state index is -0.190. The van der Waals surface area contributed by atoms with Crippen LogP contribution in [0.1, 0.15) is 12.8 Å². The lowest BCUT2D eigenvalue weighted by Crippen LogP contribution is -2.38. The number of piperidine rings is 1. The molecule has 0 saturated carbocycles. The summed E-state index contributed by atoms with van der Waals surface area (Å²) in [6.45, 7) is 1.76. The van der Waals surface area contributed by atoms with Crippen molar-refractivity contribution in [2.75, 3.05) is 18.0 Å². The van der Waals surface area contributed by atoms with Crippen LogP contribution in [-0.4, -0.2) is 34.1 Å². The Bertz CT molecular complexity index is 492. The topological polar surface area (TPSA) is 41.3 Å². The molecule has 2 aromatic rings. The second-order valence-corrected chi connectivity index (χ2v) is 4.71. The van der Waals surface area contributed by atoms with Crippen LogP contribution in [0.4, 0.5) is 5.69 Å². The number of anilines is 1. The van der Waals surface area contributed by atoms with E-state index in [9.17, 15) is 5.11 Å². The Morgan fingerprint density at radius 3 is 2.61 bits per heavy atom. The maximum Gasteiger partial charge on any atom is 0.0715 e. The zero-order valence-electron chi connectivity index (χ0n) is 10.2. The van der Waals surface area contributed by atoms with Crippen molar-refractivity contribution in [2.45, 2.75) is 18.9 Å². The van der Waals surface area contributed by atoms with Gasteiger partial charge in [-0.25, -0.2) is 4.68 Å². The normalized spacial score (nSPS) is 20.1. The molecule has 1 aliphatic rings. The third kappa shape index (κ3) is 2.24. The predicted octanol–water partition coefficient (Wildman–Crippen LogP) is 1.83. The molecule has 94 valence electrons. The fourth-order valence-corrected chi connectivity index (χ4v) is 2.43. The summed E-state index contributed by atoms with van der Waals surface area (Å²) in [7, 11) is 0. The Morgan fingerprint density at radius 2 is 1.94 bits per heavy atom. The molecule has 18 heavy (non-hydrogen) atoms. The van der Waals surface area contributed by atoms with E-state index in [2.05, 4.69) is 34.3 Å². The molecule has 0 unspecified atom stereocenters. The third-order valence-corrected chi connectivity index (χ3v) is 3.38. The Balaban J connectivity index is 1.78. The highest BCUT2D eigenvalue weighted by atomic mass is 16.3. The van der Waals surface area contributed by atoms with Gasteiger partial charge in [-0.05, 0) is 43.2 Å². The van der Waals surface area contributed by atoms with E-state index >= 15 is 0 Å².